The van der Waals surface area contributed by atoms with Crippen molar-refractivity contribution in [2.75, 3.05) is 0 Å². The van der Waals surface area contributed by atoms with Gasteiger partial charge in [0.2, 0.25) is 0 Å². The van der Waals surface area contributed by atoms with Crippen LogP contribution in [0.1, 0.15) is 5.56 Å². The van der Waals surface area contributed by atoms with E-state index in [1.165, 1.54) is 18.7 Å². The highest BCUT2D eigenvalue weighted by molar-refractivity contribution is 7.99. The fraction of sp³-hybridized carbons (Fsp3) is 0.154. The van der Waals surface area contributed by atoms with Gasteiger partial charge in [-0.15, -0.1) is 0 Å². The third-order valence-electron chi connectivity index (χ3n) is 2.73. The maximum Gasteiger partial charge on any atom is 0.331 e. The molecule has 0 aliphatic heterocycles. The van der Waals surface area contributed by atoms with E-state index < -0.39 is 11.2 Å². The van der Waals surface area contributed by atoms with Gasteiger partial charge < -0.3 is 0 Å². The summed E-state index contributed by atoms with van der Waals surface area (Å²) < 4.78 is 2.20. The van der Waals surface area contributed by atoms with Crippen LogP contribution in [0.5, 0.6) is 0 Å². The van der Waals surface area contributed by atoms with Crippen molar-refractivity contribution in [2.45, 2.75) is 9.92 Å². The van der Waals surface area contributed by atoms with Crippen LogP contribution in [0.25, 0.3) is 0 Å². The first-order chi connectivity index (χ1) is 9.45. The summed E-state index contributed by atoms with van der Waals surface area (Å²) >= 11 is 7.06. The van der Waals surface area contributed by atoms with Crippen LogP contribution in [0.2, 0.25) is 5.02 Å². The first kappa shape index (κ1) is 14.4. The van der Waals surface area contributed by atoms with Crippen LogP contribution < -0.4 is 11.2 Å². The molecule has 0 fully saturated rings. The molecule has 1 aromatic carbocycles. The van der Waals surface area contributed by atoms with Crippen LogP contribution in [0.4, 0.5) is 0 Å². The van der Waals surface area contributed by atoms with Gasteiger partial charge in [-0.25, -0.2) is 4.79 Å². The molecule has 0 saturated heterocycles. The van der Waals surface area contributed by atoms with E-state index in [4.69, 9.17) is 16.9 Å². The highest BCUT2D eigenvalue weighted by Gasteiger charge is 2.16. The highest BCUT2D eigenvalue weighted by atomic mass is 35.5. The Balaban J connectivity index is 2.66. The van der Waals surface area contributed by atoms with Crippen molar-refractivity contribution in [1.82, 2.24) is 9.13 Å². The van der Waals surface area contributed by atoms with E-state index in [2.05, 4.69) is 0 Å². The summed E-state index contributed by atoms with van der Waals surface area (Å²) in [5.74, 6) is 0. The maximum atomic E-state index is 11.9. The number of aromatic nitrogens is 2. The van der Waals surface area contributed by atoms with Crippen molar-refractivity contribution < 1.29 is 0 Å². The van der Waals surface area contributed by atoms with E-state index in [1.807, 2.05) is 6.07 Å². The molecule has 5 nitrogen and oxygen atoms in total. The fourth-order valence-electron chi connectivity index (χ4n) is 1.68. The second kappa shape index (κ2) is 5.57. The van der Waals surface area contributed by atoms with Gasteiger partial charge in [0, 0.05) is 24.0 Å². The molecule has 102 valence electrons. The maximum absolute atomic E-state index is 11.9. The van der Waals surface area contributed by atoms with Crippen LogP contribution in [-0.4, -0.2) is 9.13 Å². The number of rotatable bonds is 2. The Labute approximate surface area is 124 Å². The molecule has 1 heterocycles. The first-order valence-electron chi connectivity index (χ1n) is 5.59. The molecule has 20 heavy (non-hydrogen) atoms. The number of hydrogen-bond acceptors (Lipinski definition) is 4. The van der Waals surface area contributed by atoms with Gasteiger partial charge in [0.15, 0.2) is 0 Å². The Hall–Kier alpha value is -1.97. The second-order valence-electron chi connectivity index (χ2n) is 4.06. The summed E-state index contributed by atoms with van der Waals surface area (Å²) in [6.07, 6.45) is 0. The van der Waals surface area contributed by atoms with Crippen molar-refractivity contribution in [2.24, 2.45) is 14.1 Å². The molecule has 0 N–H and O–H groups in total. The molecule has 7 heteroatoms. The van der Waals surface area contributed by atoms with Gasteiger partial charge >= 0.3 is 5.69 Å². The van der Waals surface area contributed by atoms with Crippen molar-refractivity contribution in [3.63, 3.8) is 0 Å². The zero-order chi connectivity index (χ0) is 14.9. The van der Waals surface area contributed by atoms with Gasteiger partial charge in [-0.05, 0) is 18.2 Å². The normalized spacial score (nSPS) is 10.3. The number of nitrogens with zero attached hydrogens (tertiary/aromatic N) is 3. The minimum Gasteiger partial charge on any atom is -0.290 e. The summed E-state index contributed by atoms with van der Waals surface area (Å²) in [5, 5.41) is 10.0. The predicted octanol–water partition coefficient (Wildman–Crippen LogP) is 1.76. The summed E-state index contributed by atoms with van der Waals surface area (Å²) in [6.45, 7) is 0. The Kier molecular flexibility index (Phi) is 4.02. The monoisotopic (exact) mass is 307 g/mol. The van der Waals surface area contributed by atoms with E-state index in [9.17, 15) is 9.59 Å². The van der Waals surface area contributed by atoms with Crippen molar-refractivity contribution in [1.29, 1.82) is 5.26 Å². The average molecular weight is 308 g/mol. The molecule has 2 rings (SSSR count). The fourth-order valence-corrected chi connectivity index (χ4v) is 2.94. The molecule has 0 unspecified atom stereocenters. The van der Waals surface area contributed by atoms with Crippen LogP contribution in [0.15, 0.2) is 43.8 Å². The second-order valence-corrected chi connectivity index (χ2v) is 5.56. The lowest BCUT2D eigenvalue weighted by molar-refractivity contribution is 0.631. The number of halogens is 1. The zero-order valence-corrected chi connectivity index (χ0v) is 12.3. The summed E-state index contributed by atoms with van der Waals surface area (Å²) in [6, 6.07) is 8.84. The molecular formula is C13H10ClN3O2S. The van der Waals surface area contributed by atoms with E-state index in [0.717, 1.165) is 21.2 Å². The lowest BCUT2D eigenvalue weighted by Gasteiger charge is -2.11. The van der Waals surface area contributed by atoms with E-state index >= 15 is 0 Å². The minimum atomic E-state index is -0.597. The number of nitriles is 1. The molecule has 0 radical (unpaired) electrons. The molecule has 0 bridgehead atoms. The molecule has 0 amide bonds. The number of hydrogen-bond donors (Lipinski definition) is 0. The smallest absolute Gasteiger partial charge is 0.290 e. The van der Waals surface area contributed by atoms with Crippen LogP contribution in [0.3, 0.4) is 0 Å². The van der Waals surface area contributed by atoms with E-state index in [1.54, 1.807) is 24.3 Å². The molecular weight excluding hydrogens is 298 g/mol. The van der Waals surface area contributed by atoms with Gasteiger partial charge in [-0.3, -0.25) is 13.9 Å². The van der Waals surface area contributed by atoms with Crippen molar-refractivity contribution >= 4 is 23.4 Å². The van der Waals surface area contributed by atoms with Crippen LogP contribution in [0, 0.1) is 11.3 Å². The largest absolute Gasteiger partial charge is 0.331 e. The van der Waals surface area contributed by atoms with Crippen molar-refractivity contribution in [3.8, 4) is 6.07 Å². The first-order valence-corrected chi connectivity index (χ1v) is 6.78. The van der Waals surface area contributed by atoms with E-state index in [-0.39, 0.29) is 5.56 Å². The molecule has 0 saturated carbocycles. The predicted molar refractivity (Wildman–Crippen MR) is 77.2 cm³/mol. The Morgan fingerprint density at radius 2 is 1.95 bits per heavy atom. The average Bonchev–Trinajstić information content (AvgIpc) is 2.43. The van der Waals surface area contributed by atoms with Crippen LogP contribution in [-0.2, 0) is 14.1 Å². The SMILES string of the molecule is Cn1c(Sc2cccc(Cl)c2)c(C#N)c(=O)n(C)c1=O. The van der Waals surface area contributed by atoms with Gasteiger partial charge in [0.1, 0.15) is 16.7 Å². The molecule has 0 atom stereocenters. The Morgan fingerprint density at radius 1 is 1.25 bits per heavy atom. The zero-order valence-electron chi connectivity index (χ0n) is 10.8. The lowest BCUT2D eigenvalue weighted by atomic mass is 10.3. The molecule has 0 spiro atoms. The molecule has 1 aromatic heterocycles. The topological polar surface area (TPSA) is 67.8 Å². The van der Waals surface area contributed by atoms with Crippen molar-refractivity contribution in [3.05, 3.63) is 55.7 Å². The molecule has 2 aromatic rings. The van der Waals surface area contributed by atoms with Gasteiger partial charge in [0.25, 0.3) is 5.56 Å². The summed E-state index contributed by atoms with van der Waals surface area (Å²) in [7, 11) is 2.87. The lowest BCUT2D eigenvalue weighted by Crippen LogP contribution is -2.39. The molecule has 0 aliphatic carbocycles. The summed E-state index contributed by atoms with van der Waals surface area (Å²) in [5.41, 5.74) is -1.13. The number of benzene rings is 1. The third kappa shape index (κ3) is 2.50. The van der Waals surface area contributed by atoms with Gasteiger partial charge in [-0.2, -0.15) is 5.26 Å². The molecule has 0 aliphatic rings. The van der Waals surface area contributed by atoms with Crippen LogP contribution >= 0.6 is 23.4 Å². The Morgan fingerprint density at radius 3 is 2.55 bits per heavy atom. The van der Waals surface area contributed by atoms with E-state index in [0.29, 0.717) is 10.0 Å². The standard InChI is InChI=1S/C13H10ClN3O2S/c1-16-11(18)10(7-15)12(17(2)13(16)19)20-9-5-3-4-8(14)6-9/h3-6H,1-2H3. The highest BCUT2D eigenvalue weighted by Crippen LogP contribution is 2.29. The third-order valence-corrected chi connectivity index (χ3v) is 4.13. The van der Waals surface area contributed by atoms with Gasteiger partial charge in [-0.1, -0.05) is 29.4 Å². The van der Waals surface area contributed by atoms with Gasteiger partial charge in [0.05, 0.1) is 0 Å². The quantitative estimate of drug-likeness (QED) is 0.793. The Bertz CT molecular complexity index is 833. The minimum absolute atomic E-state index is 0.0559. The summed E-state index contributed by atoms with van der Waals surface area (Å²) in [4.78, 5) is 24.6.